The van der Waals surface area contributed by atoms with Gasteiger partial charge in [-0.25, -0.2) is 0 Å². The lowest BCUT2D eigenvalue weighted by Crippen LogP contribution is -2.17. The zero-order chi connectivity index (χ0) is 21.8. The average molecular weight is 417 g/mol. The van der Waals surface area contributed by atoms with Gasteiger partial charge in [-0.2, -0.15) is 13.2 Å². The molecule has 0 unspecified atom stereocenters. The number of carbonyl (C=O) groups is 1. The van der Waals surface area contributed by atoms with Crippen LogP contribution in [-0.4, -0.2) is 16.5 Å². The molecule has 0 amide bonds. The summed E-state index contributed by atoms with van der Waals surface area (Å²) in [5.74, 6) is -0.147. The molecule has 2 nitrogen and oxygen atoms in total. The van der Waals surface area contributed by atoms with E-state index in [1.54, 1.807) is 42.5 Å². The van der Waals surface area contributed by atoms with Crippen LogP contribution in [0, 0.1) is 6.92 Å². The van der Waals surface area contributed by atoms with Gasteiger partial charge >= 0.3 is 6.18 Å². The Morgan fingerprint density at radius 1 is 0.774 bits per heavy atom. The molecular formula is C26H18F3NO. The Morgan fingerprint density at radius 3 is 2.16 bits per heavy atom. The Hall–Kier alpha value is -3.60. The Kier molecular flexibility index (Phi) is 4.36. The van der Waals surface area contributed by atoms with Crippen molar-refractivity contribution < 1.29 is 18.0 Å². The molecule has 0 atom stereocenters. The van der Waals surface area contributed by atoms with Gasteiger partial charge in [-0.15, -0.1) is 0 Å². The van der Waals surface area contributed by atoms with E-state index in [2.05, 4.69) is 0 Å². The van der Waals surface area contributed by atoms with E-state index in [9.17, 15) is 18.0 Å². The van der Waals surface area contributed by atoms with Gasteiger partial charge in [0.1, 0.15) is 6.54 Å². The van der Waals surface area contributed by atoms with Crippen LogP contribution in [0.1, 0.15) is 21.5 Å². The number of hydrogen-bond acceptors (Lipinski definition) is 1. The number of benzene rings is 4. The number of nitrogens with zero attached hydrogens (tertiary/aromatic N) is 1. The molecule has 0 aliphatic heterocycles. The van der Waals surface area contributed by atoms with Crippen molar-refractivity contribution in [2.45, 2.75) is 19.6 Å². The van der Waals surface area contributed by atoms with Gasteiger partial charge in [-0.05, 0) is 47.5 Å². The van der Waals surface area contributed by atoms with Gasteiger partial charge in [0, 0.05) is 32.9 Å². The number of para-hydroxylation sites is 1. The second-order valence-electron chi connectivity index (χ2n) is 7.76. The maximum absolute atomic E-state index is 13.4. The maximum atomic E-state index is 13.4. The fourth-order valence-corrected chi connectivity index (χ4v) is 4.35. The predicted octanol–water partition coefficient (Wildman–Crippen LogP) is 7.05. The zero-order valence-corrected chi connectivity index (χ0v) is 16.7. The fourth-order valence-electron chi connectivity index (χ4n) is 4.35. The topological polar surface area (TPSA) is 22.0 Å². The lowest BCUT2D eigenvalue weighted by molar-refractivity contribution is -0.139. The number of halogens is 3. The summed E-state index contributed by atoms with van der Waals surface area (Å²) in [6.07, 6.45) is -4.34. The number of hydrogen-bond donors (Lipinski definition) is 0. The molecule has 1 heterocycles. The third kappa shape index (κ3) is 3.26. The smallest absolute Gasteiger partial charge is 0.331 e. The number of alkyl halides is 3. The molecule has 0 bridgehead atoms. The van der Waals surface area contributed by atoms with Crippen LogP contribution < -0.4 is 0 Å². The van der Waals surface area contributed by atoms with E-state index in [4.69, 9.17) is 0 Å². The van der Waals surface area contributed by atoms with Crippen LogP contribution in [0.15, 0.2) is 78.9 Å². The predicted molar refractivity (Wildman–Crippen MR) is 118 cm³/mol. The highest BCUT2D eigenvalue weighted by molar-refractivity contribution is 6.19. The number of carbonyl (C=O) groups excluding carboxylic acids is 1. The van der Waals surface area contributed by atoms with E-state index in [-0.39, 0.29) is 5.78 Å². The molecule has 0 saturated heterocycles. The number of rotatable bonds is 3. The van der Waals surface area contributed by atoms with Crippen LogP contribution in [0.5, 0.6) is 0 Å². The van der Waals surface area contributed by atoms with Crippen LogP contribution in [0.2, 0.25) is 0 Å². The zero-order valence-electron chi connectivity index (χ0n) is 16.7. The van der Waals surface area contributed by atoms with Crippen molar-refractivity contribution >= 4 is 38.4 Å². The SMILES string of the molecule is Cc1ccc(C(=O)c2ccc3c(c2)c2ccccc2n3CC(F)(F)F)c2ccccc12. The van der Waals surface area contributed by atoms with Crippen LogP contribution >= 0.6 is 0 Å². The Bertz CT molecular complexity index is 1480. The second kappa shape index (κ2) is 6.98. The van der Waals surface area contributed by atoms with E-state index < -0.39 is 12.7 Å². The van der Waals surface area contributed by atoms with Gasteiger partial charge in [-0.3, -0.25) is 4.79 Å². The van der Waals surface area contributed by atoms with E-state index in [1.807, 2.05) is 43.3 Å². The molecule has 0 spiro atoms. The fraction of sp³-hybridized carbons (Fsp3) is 0.115. The Labute approximate surface area is 176 Å². The molecule has 0 radical (unpaired) electrons. The summed E-state index contributed by atoms with van der Waals surface area (Å²) in [6.45, 7) is 0.922. The minimum absolute atomic E-state index is 0.147. The summed E-state index contributed by atoms with van der Waals surface area (Å²) in [6, 6.07) is 23.4. The largest absolute Gasteiger partial charge is 0.406 e. The molecule has 154 valence electrons. The van der Waals surface area contributed by atoms with Crippen molar-refractivity contribution in [1.82, 2.24) is 4.57 Å². The third-order valence-corrected chi connectivity index (χ3v) is 5.76. The van der Waals surface area contributed by atoms with Crippen molar-refractivity contribution in [3.8, 4) is 0 Å². The lowest BCUT2D eigenvalue weighted by Gasteiger charge is -2.11. The first-order valence-corrected chi connectivity index (χ1v) is 9.94. The average Bonchev–Trinajstić information content (AvgIpc) is 3.06. The minimum atomic E-state index is -4.34. The molecular weight excluding hydrogens is 399 g/mol. The van der Waals surface area contributed by atoms with Gasteiger partial charge in [-0.1, -0.05) is 54.6 Å². The Morgan fingerprint density at radius 2 is 1.42 bits per heavy atom. The first kappa shape index (κ1) is 19.4. The van der Waals surface area contributed by atoms with Gasteiger partial charge in [0.05, 0.1) is 0 Å². The quantitative estimate of drug-likeness (QED) is 0.288. The highest BCUT2D eigenvalue weighted by Gasteiger charge is 2.30. The molecule has 1 aromatic heterocycles. The Balaban J connectivity index is 1.70. The van der Waals surface area contributed by atoms with Crippen LogP contribution in [0.25, 0.3) is 32.6 Å². The molecule has 4 aromatic carbocycles. The summed E-state index contributed by atoms with van der Waals surface area (Å²) in [5, 5.41) is 3.22. The van der Waals surface area contributed by atoms with E-state index >= 15 is 0 Å². The minimum Gasteiger partial charge on any atom is -0.331 e. The van der Waals surface area contributed by atoms with E-state index in [0.29, 0.717) is 32.9 Å². The van der Waals surface area contributed by atoms with Crippen molar-refractivity contribution in [2.75, 3.05) is 0 Å². The van der Waals surface area contributed by atoms with Crippen LogP contribution in [0.4, 0.5) is 13.2 Å². The number of ketones is 1. The molecule has 0 aliphatic rings. The molecule has 0 fully saturated rings. The number of fused-ring (bicyclic) bond motifs is 4. The molecule has 31 heavy (non-hydrogen) atoms. The highest BCUT2D eigenvalue weighted by atomic mass is 19.4. The summed E-state index contributed by atoms with van der Waals surface area (Å²) in [5.41, 5.74) is 3.08. The van der Waals surface area contributed by atoms with Crippen molar-refractivity contribution in [3.63, 3.8) is 0 Å². The molecule has 0 N–H and O–H groups in total. The standard InChI is InChI=1S/C26H18F3NO/c1-16-10-12-21(19-7-3-2-6-18(16)19)25(31)17-11-13-24-22(14-17)20-8-4-5-9-23(20)30(24)15-26(27,28)29/h2-14H,15H2,1H3. The normalized spacial score (nSPS) is 12.1. The monoisotopic (exact) mass is 417 g/mol. The van der Waals surface area contributed by atoms with Gasteiger partial charge in [0.25, 0.3) is 0 Å². The molecule has 5 rings (SSSR count). The van der Waals surface area contributed by atoms with Gasteiger partial charge in [0.15, 0.2) is 5.78 Å². The summed E-state index contributed by atoms with van der Waals surface area (Å²) < 4.78 is 40.9. The molecule has 5 aromatic rings. The first-order chi connectivity index (χ1) is 14.8. The van der Waals surface area contributed by atoms with E-state index in [0.717, 1.165) is 16.3 Å². The lowest BCUT2D eigenvalue weighted by atomic mass is 9.94. The summed E-state index contributed by atoms with van der Waals surface area (Å²) in [4.78, 5) is 13.4. The first-order valence-electron chi connectivity index (χ1n) is 9.94. The molecule has 5 heteroatoms. The van der Waals surface area contributed by atoms with Gasteiger partial charge < -0.3 is 4.57 Å². The number of aromatic nitrogens is 1. The number of aryl methyl sites for hydroxylation is 1. The van der Waals surface area contributed by atoms with E-state index in [1.165, 1.54) is 4.57 Å². The van der Waals surface area contributed by atoms with Crippen LogP contribution in [0.3, 0.4) is 0 Å². The van der Waals surface area contributed by atoms with Crippen LogP contribution in [-0.2, 0) is 6.54 Å². The summed E-state index contributed by atoms with van der Waals surface area (Å²) >= 11 is 0. The maximum Gasteiger partial charge on any atom is 0.406 e. The highest BCUT2D eigenvalue weighted by Crippen LogP contribution is 2.33. The van der Waals surface area contributed by atoms with Crippen molar-refractivity contribution in [2.24, 2.45) is 0 Å². The second-order valence-corrected chi connectivity index (χ2v) is 7.76. The van der Waals surface area contributed by atoms with Crippen molar-refractivity contribution in [3.05, 3.63) is 95.6 Å². The summed E-state index contributed by atoms with van der Waals surface area (Å²) in [7, 11) is 0. The van der Waals surface area contributed by atoms with Crippen molar-refractivity contribution in [1.29, 1.82) is 0 Å². The van der Waals surface area contributed by atoms with Gasteiger partial charge in [0.2, 0.25) is 0 Å². The molecule has 0 aliphatic carbocycles. The molecule has 0 saturated carbocycles. The third-order valence-electron chi connectivity index (χ3n) is 5.76.